The minimum Gasteiger partial charge on any atom is -0.490 e. The van der Waals surface area contributed by atoms with Gasteiger partial charge in [0.1, 0.15) is 11.8 Å². The zero-order valence-corrected chi connectivity index (χ0v) is 17.5. The first kappa shape index (κ1) is 20.2. The van der Waals surface area contributed by atoms with E-state index in [9.17, 15) is 13.2 Å². The van der Waals surface area contributed by atoms with Crippen molar-refractivity contribution < 1.29 is 17.9 Å². The summed E-state index contributed by atoms with van der Waals surface area (Å²) in [6.45, 7) is 0.423. The summed E-state index contributed by atoms with van der Waals surface area (Å²) in [6.07, 6.45) is 4.59. The van der Waals surface area contributed by atoms with Crippen molar-refractivity contribution in [2.75, 3.05) is 13.1 Å². The Balaban J connectivity index is 1.62. The third kappa shape index (κ3) is 4.13. The molecule has 2 aliphatic rings. The Bertz CT molecular complexity index is 988. The van der Waals surface area contributed by atoms with Crippen LogP contribution in [0.25, 0.3) is 0 Å². The second-order valence-electron chi connectivity index (χ2n) is 7.33. The second-order valence-corrected chi connectivity index (χ2v) is 9.62. The van der Waals surface area contributed by atoms with Crippen LogP contribution in [-0.2, 0) is 14.8 Å². The lowest BCUT2D eigenvalue weighted by atomic mass is 10.0. The van der Waals surface area contributed by atoms with E-state index in [0.717, 1.165) is 25.7 Å². The number of hydrogen-bond acceptors (Lipinski definition) is 4. The van der Waals surface area contributed by atoms with Crippen LogP contribution in [0.2, 0.25) is 5.02 Å². The third-order valence-electron chi connectivity index (χ3n) is 5.40. The lowest BCUT2D eigenvalue weighted by Gasteiger charge is -2.34. The summed E-state index contributed by atoms with van der Waals surface area (Å²) < 4.78 is 33.8. The van der Waals surface area contributed by atoms with E-state index >= 15 is 0 Å². The number of nitrogens with one attached hydrogen (secondary N) is 1. The molecule has 0 spiro atoms. The van der Waals surface area contributed by atoms with Gasteiger partial charge in [-0.2, -0.15) is 4.31 Å². The molecule has 154 valence electrons. The molecule has 0 bridgehead atoms. The molecule has 29 heavy (non-hydrogen) atoms. The summed E-state index contributed by atoms with van der Waals surface area (Å²) in [7, 11) is -3.89. The number of rotatable bonds is 5. The molecule has 1 aliphatic heterocycles. The molecule has 1 atom stereocenters. The van der Waals surface area contributed by atoms with Crippen LogP contribution in [0.15, 0.2) is 53.4 Å². The van der Waals surface area contributed by atoms with Crippen LogP contribution in [0.3, 0.4) is 0 Å². The van der Waals surface area contributed by atoms with Gasteiger partial charge in [-0.3, -0.25) is 4.79 Å². The first-order valence-corrected chi connectivity index (χ1v) is 11.6. The molecule has 1 aliphatic carbocycles. The van der Waals surface area contributed by atoms with Gasteiger partial charge in [0.05, 0.1) is 11.0 Å². The average molecular weight is 435 g/mol. The van der Waals surface area contributed by atoms with Crippen molar-refractivity contribution in [2.24, 2.45) is 0 Å². The molecule has 4 rings (SSSR count). The van der Waals surface area contributed by atoms with E-state index in [1.807, 2.05) is 0 Å². The van der Waals surface area contributed by atoms with E-state index in [2.05, 4.69) is 5.32 Å². The van der Waals surface area contributed by atoms with Crippen LogP contribution in [0.4, 0.5) is 0 Å². The monoisotopic (exact) mass is 434 g/mol. The normalized spacial score (nSPS) is 21.1. The molecule has 0 aromatic heterocycles. The van der Waals surface area contributed by atoms with Crippen molar-refractivity contribution in [2.45, 2.75) is 42.7 Å². The molecule has 6 nitrogen and oxygen atoms in total. The third-order valence-corrected chi connectivity index (χ3v) is 7.63. The molecule has 8 heteroatoms. The van der Waals surface area contributed by atoms with Crippen molar-refractivity contribution in [3.63, 3.8) is 0 Å². The Morgan fingerprint density at radius 3 is 2.41 bits per heavy atom. The summed E-state index contributed by atoms with van der Waals surface area (Å²) in [4.78, 5) is 12.7. The summed E-state index contributed by atoms with van der Waals surface area (Å²) in [6, 6.07) is 12.2. The molecule has 1 heterocycles. The Labute approximate surface area is 175 Å². The average Bonchev–Trinajstić information content (AvgIpc) is 3.22. The van der Waals surface area contributed by atoms with Crippen molar-refractivity contribution in [1.29, 1.82) is 0 Å². The lowest BCUT2D eigenvalue weighted by Crippen LogP contribution is -2.52. The van der Waals surface area contributed by atoms with Gasteiger partial charge in [-0.15, -0.1) is 0 Å². The number of hydrogen-bond donors (Lipinski definition) is 1. The fourth-order valence-corrected chi connectivity index (χ4v) is 5.73. The van der Waals surface area contributed by atoms with E-state index in [0.29, 0.717) is 16.3 Å². The Morgan fingerprint density at radius 1 is 1.03 bits per heavy atom. The maximum Gasteiger partial charge on any atom is 0.244 e. The number of nitrogens with zero attached hydrogens (tertiary/aromatic N) is 1. The second kappa shape index (κ2) is 8.34. The van der Waals surface area contributed by atoms with Crippen LogP contribution < -0.4 is 10.1 Å². The topological polar surface area (TPSA) is 75.7 Å². The molecule has 0 radical (unpaired) electrons. The van der Waals surface area contributed by atoms with Crippen LogP contribution in [0, 0.1) is 0 Å². The highest BCUT2D eigenvalue weighted by molar-refractivity contribution is 7.89. The molecule has 1 amide bonds. The maximum atomic E-state index is 13.3. The fourth-order valence-electron chi connectivity index (χ4n) is 3.92. The van der Waals surface area contributed by atoms with Crippen molar-refractivity contribution in [1.82, 2.24) is 9.62 Å². The predicted octanol–water partition coefficient (Wildman–Crippen LogP) is 3.52. The van der Waals surface area contributed by atoms with Gasteiger partial charge in [0.25, 0.3) is 0 Å². The van der Waals surface area contributed by atoms with Gasteiger partial charge >= 0.3 is 0 Å². The number of benzene rings is 2. The van der Waals surface area contributed by atoms with Crippen LogP contribution >= 0.6 is 11.6 Å². The summed E-state index contributed by atoms with van der Waals surface area (Å²) in [5.74, 6) is 0.281. The van der Waals surface area contributed by atoms with Gasteiger partial charge in [-0.05, 0) is 61.6 Å². The van der Waals surface area contributed by atoms with Crippen LogP contribution in [0.5, 0.6) is 5.75 Å². The summed E-state index contributed by atoms with van der Waals surface area (Å²) >= 11 is 6.27. The van der Waals surface area contributed by atoms with Gasteiger partial charge in [0.15, 0.2) is 0 Å². The minimum atomic E-state index is -3.89. The van der Waals surface area contributed by atoms with Crippen molar-refractivity contribution >= 4 is 27.5 Å². The Morgan fingerprint density at radius 2 is 1.72 bits per heavy atom. The van der Waals surface area contributed by atoms with E-state index in [1.165, 1.54) is 16.4 Å². The van der Waals surface area contributed by atoms with E-state index < -0.39 is 16.1 Å². The quantitative estimate of drug-likeness (QED) is 0.781. The molecule has 1 N–H and O–H groups in total. The standard InChI is InChI=1S/C21H23ClN2O4S/c22-19-8-4-3-7-18(19)20-21(25)23-13-14-24(20)29(26,27)17-11-9-16(10-12-17)28-15-5-1-2-6-15/h3-4,7-12,15,20H,1-2,5-6,13-14H2,(H,23,25). The van der Waals surface area contributed by atoms with Gasteiger partial charge in [-0.1, -0.05) is 29.8 Å². The Kier molecular flexibility index (Phi) is 5.81. The highest BCUT2D eigenvalue weighted by Crippen LogP contribution is 2.34. The molecular weight excluding hydrogens is 412 g/mol. The largest absolute Gasteiger partial charge is 0.490 e. The molecule has 1 unspecified atom stereocenters. The molecule has 2 aromatic rings. The maximum absolute atomic E-state index is 13.3. The SMILES string of the molecule is O=C1NCCN(S(=O)(=O)c2ccc(OC3CCCC3)cc2)C1c1ccccc1Cl. The zero-order valence-electron chi connectivity index (χ0n) is 15.9. The number of carbonyl (C=O) groups is 1. The van der Waals surface area contributed by atoms with Gasteiger partial charge in [0.2, 0.25) is 15.9 Å². The van der Waals surface area contributed by atoms with Gasteiger partial charge in [0, 0.05) is 18.1 Å². The number of sulfonamides is 1. The number of carbonyl (C=O) groups excluding carboxylic acids is 1. The van der Waals surface area contributed by atoms with Crippen LogP contribution in [-0.4, -0.2) is 37.8 Å². The zero-order chi connectivity index (χ0) is 20.4. The minimum absolute atomic E-state index is 0.128. The molecular formula is C21H23ClN2O4S. The highest BCUT2D eigenvalue weighted by atomic mass is 35.5. The first-order chi connectivity index (χ1) is 14.0. The predicted molar refractivity (Wildman–Crippen MR) is 110 cm³/mol. The smallest absolute Gasteiger partial charge is 0.244 e. The number of ether oxygens (including phenoxy) is 1. The van der Waals surface area contributed by atoms with E-state index in [1.54, 1.807) is 36.4 Å². The Hall–Kier alpha value is -2.09. The van der Waals surface area contributed by atoms with Crippen LogP contribution in [0.1, 0.15) is 37.3 Å². The number of piperazine rings is 1. The molecule has 2 aromatic carbocycles. The van der Waals surface area contributed by atoms with Crippen molar-refractivity contribution in [3.05, 3.63) is 59.1 Å². The molecule has 2 fully saturated rings. The highest BCUT2D eigenvalue weighted by Gasteiger charge is 2.40. The van der Waals surface area contributed by atoms with E-state index in [-0.39, 0.29) is 30.0 Å². The molecule has 1 saturated carbocycles. The molecule has 1 saturated heterocycles. The summed E-state index contributed by atoms with van der Waals surface area (Å²) in [5.41, 5.74) is 0.469. The fraction of sp³-hybridized carbons (Fsp3) is 0.381. The first-order valence-electron chi connectivity index (χ1n) is 9.77. The number of halogens is 1. The van der Waals surface area contributed by atoms with E-state index in [4.69, 9.17) is 16.3 Å². The van der Waals surface area contributed by atoms with Gasteiger partial charge < -0.3 is 10.1 Å². The van der Waals surface area contributed by atoms with Gasteiger partial charge in [-0.25, -0.2) is 8.42 Å². The lowest BCUT2D eigenvalue weighted by molar-refractivity contribution is -0.126. The number of amides is 1. The summed E-state index contributed by atoms with van der Waals surface area (Å²) in [5, 5.41) is 3.09. The van der Waals surface area contributed by atoms with Crippen molar-refractivity contribution in [3.8, 4) is 5.75 Å².